The number of benzene rings is 3. The lowest BCUT2D eigenvalue weighted by Gasteiger charge is -2.05. The maximum absolute atomic E-state index is 12.2. The molecule has 0 aliphatic heterocycles. The van der Waals surface area contributed by atoms with Gasteiger partial charge < -0.3 is 5.32 Å². The first kappa shape index (κ1) is 23.2. The second-order valence-corrected chi connectivity index (χ2v) is 8.18. The van der Waals surface area contributed by atoms with Crippen LogP contribution in [0.3, 0.4) is 0 Å². The summed E-state index contributed by atoms with van der Waals surface area (Å²) in [7, 11) is 0. The number of carbonyl (C=O) groups is 2. The molecule has 0 bridgehead atoms. The van der Waals surface area contributed by atoms with Crippen LogP contribution in [0.4, 0.5) is 5.69 Å². The lowest BCUT2D eigenvalue weighted by atomic mass is 10.1. The summed E-state index contributed by atoms with van der Waals surface area (Å²) in [4.78, 5) is 24.4. The van der Waals surface area contributed by atoms with E-state index in [1.807, 2.05) is 61.5 Å². The number of para-hydroxylation sites is 1. The Kier molecular flexibility index (Phi) is 7.06. The highest BCUT2D eigenvalue weighted by Crippen LogP contribution is 2.25. The highest BCUT2D eigenvalue weighted by molar-refractivity contribution is 6.43. The third-order valence-corrected chi connectivity index (χ3v) is 5.55. The minimum absolute atomic E-state index is 0.261. The zero-order valence-corrected chi connectivity index (χ0v) is 19.5. The Bertz CT molecular complexity index is 1380. The van der Waals surface area contributed by atoms with E-state index in [9.17, 15) is 9.59 Å². The highest BCUT2D eigenvalue weighted by atomic mass is 35.5. The van der Waals surface area contributed by atoms with Crippen molar-refractivity contribution < 1.29 is 9.59 Å². The van der Waals surface area contributed by atoms with Crippen molar-refractivity contribution in [1.82, 2.24) is 15.2 Å². The van der Waals surface area contributed by atoms with Gasteiger partial charge in [-0.2, -0.15) is 10.2 Å². The molecule has 0 saturated carbocycles. The maximum Gasteiger partial charge on any atom is 0.329 e. The standard InChI is InChI=1S/C25H19Cl2N5O2/c1-16-6-5-7-17(12-16)23-18(15-32(31-23)20-8-3-2-4-9-20)14-28-30-25(34)24(33)29-19-10-11-21(26)22(27)13-19/h2-15H,1H3,(H,29,33)(H,30,34)/b28-14+. The van der Waals surface area contributed by atoms with E-state index < -0.39 is 11.8 Å². The van der Waals surface area contributed by atoms with Crippen LogP contribution in [0.15, 0.2) is 84.1 Å². The average Bonchev–Trinajstić information content (AvgIpc) is 3.26. The lowest BCUT2D eigenvalue weighted by Crippen LogP contribution is -2.32. The van der Waals surface area contributed by atoms with Crippen molar-refractivity contribution in [2.45, 2.75) is 6.92 Å². The molecule has 4 rings (SSSR count). The fourth-order valence-electron chi connectivity index (χ4n) is 3.18. The van der Waals surface area contributed by atoms with Crippen molar-refractivity contribution in [2.75, 3.05) is 5.32 Å². The molecule has 3 aromatic carbocycles. The third kappa shape index (κ3) is 5.51. The van der Waals surface area contributed by atoms with Gasteiger partial charge in [0.05, 0.1) is 21.9 Å². The Labute approximate surface area is 206 Å². The predicted molar refractivity (Wildman–Crippen MR) is 135 cm³/mol. The fourth-order valence-corrected chi connectivity index (χ4v) is 3.48. The molecule has 1 heterocycles. The van der Waals surface area contributed by atoms with E-state index in [1.165, 1.54) is 24.4 Å². The molecule has 0 radical (unpaired) electrons. The van der Waals surface area contributed by atoms with Gasteiger partial charge in [-0.15, -0.1) is 0 Å². The van der Waals surface area contributed by atoms with Gasteiger partial charge in [0.25, 0.3) is 0 Å². The molecule has 0 unspecified atom stereocenters. The van der Waals surface area contributed by atoms with E-state index in [2.05, 4.69) is 15.8 Å². The van der Waals surface area contributed by atoms with Crippen molar-refractivity contribution >= 4 is 46.9 Å². The summed E-state index contributed by atoms with van der Waals surface area (Å²) >= 11 is 11.8. The third-order valence-electron chi connectivity index (χ3n) is 4.81. The van der Waals surface area contributed by atoms with E-state index in [1.54, 1.807) is 10.9 Å². The number of hydrogen-bond acceptors (Lipinski definition) is 4. The Morgan fingerprint density at radius 2 is 1.74 bits per heavy atom. The maximum atomic E-state index is 12.2. The SMILES string of the molecule is Cc1cccc(-c2nn(-c3ccccc3)cc2/C=N/NC(=O)C(=O)Nc2ccc(Cl)c(Cl)c2)c1. The molecule has 170 valence electrons. The summed E-state index contributed by atoms with van der Waals surface area (Å²) in [5.74, 6) is -1.83. The van der Waals surface area contributed by atoms with Gasteiger partial charge in [0, 0.05) is 23.0 Å². The van der Waals surface area contributed by atoms with Gasteiger partial charge in [0.2, 0.25) is 0 Å². The minimum atomic E-state index is -0.935. The quantitative estimate of drug-likeness (QED) is 0.227. The summed E-state index contributed by atoms with van der Waals surface area (Å²) in [6.45, 7) is 2.00. The molecule has 9 heteroatoms. The number of amides is 2. The average molecular weight is 492 g/mol. The number of rotatable bonds is 5. The molecule has 0 fully saturated rings. The normalized spacial score (nSPS) is 10.9. The number of nitrogens with one attached hydrogen (secondary N) is 2. The molecule has 1 aromatic heterocycles. The smallest absolute Gasteiger partial charge is 0.318 e. The lowest BCUT2D eigenvalue weighted by molar-refractivity contribution is -0.136. The molecule has 0 aliphatic carbocycles. The van der Waals surface area contributed by atoms with Crippen molar-refractivity contribution in [3.8, 4) is 16.9 Å². The van der Waals surface area contributed by atoms with Crippen LogP contribution in [0.1, 0.15) is 11.1 Å². The van der Waals surface area contributed by atoms with Gasteiger partial charge in [-0.3, -0.25) is 9.59 Å². The molecule has 2 amide bonds. The van der Waals surface area contributed by atoms with E-state index in [0.29, 0.717) is 22.0 Å². The molecular formula is C25H19Cl2N5O2. The number of hydrazone groups is 1. The second-order valence-electron chi connectivity index (χ2n) is 7.36. The van der Waals surface area contributed by atoms with E-state index >= 15 is 0 Å². The number of hydrogen-bond donors (Lipinski definition) is 2. The van der Waals surface area contributed by atoms with Crippen LogP contribution in [0.5, 0.6) is 0 Å². The number of halogens is 2. The molecule has 7 nitrogen and oxygen atoms in total. The van der Waals surface area contributed by atoms with Crippen LogP contribution >= 0.6 is 23.2 Å². The molecule has 0 spiro atoms. The van der Waals surface area contributed by atoms with E-state index in [0.717, 1.165) is 16.8 Å². The molecule has 0 aliphatic rings. The van der Waals surface area contributed by atoms with Gasteiger partial charge >= 0.3 is 11.8 Å². The predicted octanol–water partition coefficient (Wildman–Crippen LogP) is 5.24. The molecule has 4 aromatic rings. The van der Waals surface area contributed by atoms with Crippen LogP contribution in [0, 0.1) is 6.92 Å². The van der Waals surface area contributed by atoms with Crippen LogP contribution in [0.2, 0.25) is 10.0 Å². The topological polar surface area (TPSA) is 88.4 Å². The van der Waals surface area contributed by atoms with Gasteiger partial charge in [-0.05, 0) is 43.3 Å². The number of anilines is 1. The first-order valence-corrected chi connectivity index (χ1v) is 11.0. The van der Waals surface area contributed by atoms with Gasteiger partial charge in [0.1, 0.15) is 5.69 Å². The van der Waals surface area contributed by atoms with E-state index in [-0.39, 0.29) is 5.02 Å². The van der Waals surface area contributed by atoms with Gasteiger partial charge in [-0.1, -0.05) is 65.2 Å². The Morgan fingerprint density at radius 3 is 2.47 bits per heavy atom. The Morgan fingerprint density at radius 1 is 0.941 bits per heavy atom. The first-order valence-electron chi connectivity index (χ1n) is 10.2. The first-order chi connectivity index (χ1) is 16.4. The van der Waals surface area contributed by atoms with E-state index in [4.69, 9.17) is 28.3 Å². The van der Waals surface area contributed by atoms with Gasteiger partial charge in [-0.25, -0.2) is 10.1 Å². The summed E-state index contributed by atoms with van der Waals surface area (Å²) < 4.78 is 1.73. The largest absolute Gasteiger partial charge is 0.329 e. The zero-order chi connectivity index (χ0) is 24.1. The van der Waals surface area contributed by atoms with Crippen molar-refractivity contribution in [3.05, 3.63) is 100 Å². The van der Waals surface area contributed by atoms with Crippen LogP contribution in [0.25, 0.3) is 16.9 Å². The van der Waals surface area contributed by atoms with Gasteiger partial charge in [0.15, 0.2) is 0 Å². The van der Waals surface area contributed by atoms with Crippen molar-refractivity contribution in [1.29, 1.82) is 0 Å². The van der Waals surface area contributed by atoms with Crippen LogP contribution < -0.4 is 10.7 Å². The zero-order valence-electron chi connectivity index (χ0n) is 18.0. The minimum Gasteiger partial charge on any atom is -0.318 e. The molecule has 34 heavy (non-hydrogen) atoms. The summed E-state index contributed by atoms with van der Waals surface area (Å²) in [5, 5.41) is 11.7. The second kappa shape index (κ2) is 10.3. The number of aromatic nitrogens is 2. The van der Waals surface area contributed by atoms with Crippen molar-refractivity contribution in [3.63, 3.8) is 0 Å². The summed E-state index contributed by atoms with van der Waals surface area (Å²) in [5.41, 5.74) is 6.79. The monoisotopic (exact) mass is 491 g/mol. The molecule has 0 saturated heterocycles. The van der Waals surface area contributed by atoms with Crippen molar-refractivity contribution in [2.24, 2.45) is 5.10 Å². The molecule has 2 N–H and O–H groups in total. The van der Waals surface area contributed by atoms with Crippen LogP contribution in [-0.2, 0) is 9.59 Å². The van der Waals surface area contributed by atoms with Crippen LogP contribution in [-0.4, -0.2) is 27.8 Å². The number of carbonyl (C=O) groups excluding carboxylic acids is 2. The fraction of sp³-hybridized carbons (Fsp3) is 0.0400. The summed E-state index contributed by atoms with van der Waals surface area (Å²) in [6.07, 6.45) is 3.26. The molecular weight excluding hydrogens is 473 g/mol. The molecule has 0 atom stereocenters. The Hall–Kier alpha value is -3.94. The Balaban J connectivity index is 1.53. The number of aryl methyl sites for hydroxylation is 1. The number of nitrogens with zero attached hydrogens (tertiary/aromatic N) is 3. The highest BCUT2D eigenvalue weighted by Gasteiger charge is 2.15. The summed E-state index contributed by atoms with van der Waals surface area (Å²) in [6, 6.07) is 22.0.